The molecule has 6 heteroatoms. The summed E-state index contributed by atoms with van der Waals surface area (Å²) in [5.74, 6) is -2.51. The highest BCUT2D eigenvalue weighted by atomic mass is 16.5. The minimum atomic E-state index is -1.26. The number of nitrogens with two attached hydrogens (primary N) is 1. The van der Waals surface area contributed by atoms with Crippen molar-refractivity contribution in [2.45, 2.75) is 6.10 Å². The molecule has 0 aliphatic rings. The normalized spacial score (nSPS) is 10.3. The van der Waals surface area contributed by atoms with Crippen molar-refractivity contribution < 1.29 is 24.5 Å². The van der Waals surface area contributed by atoms with Gasteiger partial charge in [0.15, 0.2) is 0 Å². The SMILES string of the molecule is NCCOC(c1ccccc1)c1ccccc1.O=C(O)/C=C\C(=O)O. The number of ether oxygens (including phenoxy) is 1. The fraction of sp³-hybridized carbons (Fsp3) is 0.158. The lowest BCUT2D eigenvalue weighted by atomic mass is 10.0. The first-order chi connectivity index (χ1) is 12.0. The molecular weight excluding hydrogens is 322 g/mol. The van der Waals surface area contributed by atoms with Crippen molar-refractivity contribution in [1.82, 2.24) is 0 Å². The Morgan fingerprint density at radius 3 is 1.60 bits per heavy atom. The molecule has 0 radical (unpaired) electrons. The summed E-state index contributed by atoms with van der Waals surface area (Å²) >= 11 is 0. The Morgan fingerprint density at radius 2 is 1.28 bits per heavy atom. The molecule has 6 nitrogen and oxygen atoms in total. The topological polar surface area (TPSA) is 110 Å². The van der Waals surface area contributed by atoms with Crippen LogP contribution in [0, 0.1) is 0 Å². The Labute approximate surface area is 146 Å². The number of aliphatic carboxylic acids is 2. The summed E-state index contributed by atoms with van der Waals surface area (Å²) in [4.78, 5) is 19.1. The van der Waals surface area contributed by atoms with Gasteiger partial charge in [-0.25, -0.2) is 9.59 Å². The molecule has 0 amide bonds. The zero-order valence-corrected chi connectivity index (χ0v) is 13.6. The van der Waals surface area contributed by atoms with Gasteiger partial charge in [-0.05, 0) is 11.1 Å². The van der Waals surface area contributed by atoms with Crippen LogP contribution in [0.3, 0.4) is 0 Å². The van der Waals surface area contributed by atoms with E-state index >= 15 is 0 Å². The summed E-state index contributed by atoms with van der Waals surface area (Å²) in [5.41, 5.74) is 7.83. The zero-order valence-electron chi connectivity index (χ0n) is 13.6. The molecule has 132 valence electrons. The number of carboxylic acid groups (broad SMARTS) is 2. The third-order valence-corrected chi connectivity index (χ3v) is 2.98. The molecule has 0 atom stereocenters. The third-order valence-electron chi connectivity index (χ3n) is 2.98. The smallest absolute Gasteiger partial charge is 0.328 e. The van der Waals surface area contributed by atoms with E-state index in [1.54, 1.807) is 0 Å². The minimum Gasteiger partial charge on any atom is -0.478 e. The number of hydrogen-bond acceptors (Lipinski definition) is 4. The molecule has 0 saturated carbocycles. The van der Waals surface area contributed by atoms with Crippen LogP contribution in [-0.4, -0.2) is 35.3 Å². The van der Waals surface area contributed by atoms with E-state index in [1.165, 1.54) is 0 Å². The molecule has 0 fully saturated rings. The number of rotatable bonds is 7. The lowest BCUT2D eigenvalue weighted by Gasteiger charge is -2.18. The molecule has 4 N–H and O–H groups in total. The molecule has 2 rings (SSSR count). The first kappa shape index (κ1) is 20.1. The van der Waals surface area contributed by atoms with E-state index in [2.05, 4.69) is 24.3 Å². The van der Waals surface area contributed by atoms with Crippen molar-refractivity contribution in [3.63, 3.8) is 0 Å². The van der Waals surface area contributed by atoms with Crippen molar-refractivity contribution in [3.05, 3.63) is 83.9 Å². The van der Waals surface area contributed by atoms with Crippen LogP contribution in [0.25, 0.3) is 0 Å². The highest BCUT2D eigenvalue weighted by Crippen LogP contribution is 2.25. The molecule has 0 saturated heterocycles. The van der Waals surface area contributed by atoms with Crippen LogP contribution in [0.4, 0.5) is 0 Å². The maximum absolute atomic E-state index is 9.55. The van der Waals surface area contributed by atoms with Gasteiger partial charge in [-0.15, -0.1) is 0 Å². The lowest BCUT2D eigenvalue weighted by molar-refractivity contribution is -0.134. The van der Waals surface area contributed by atoms with Crippen molar-refractivity contribution in [2.24, 2.45) is 5.73 Å². The standard InChI is InChI=1S/C15H17NO.C4H4O4/c16-11-12-17-15(13-7-3-1-4-8-13)14-9-5-2-6-10-14;5-3(6)1-2-4(7)8/h1-10,15H,11-12,16H2;1-2H,(H,5,6)(H,7,8)/b;2-1-. The van der Waals surface area contributed by atoms with Crippen LogP contribution in [0.5, 0.6) is 0 Å². The number of carboxylic acids is 2. The Balaban J connectivity index is 0.000000333. The first-order valence-electron chi connectivity index (χ1n) is 7.60. The number of carbonyl (C=O) groups is 2. The van der Waals surface area contributed by atoms with Gasteiger partial charge in [0.25, 0.3) is 0 Å². The second kappa shape index (κ2) is 11.6. The molecule has 25 heavy (non-hydrogen) atoms. The predicted molar refractivity (Wildman–Crippen MR) is 94.1 cm³/mol. The van der Waals surface area contributed by atoms with Crippen LogP contribution in [0.2, 0.25) is 0 Å². The summed E-state index contributed by atoms with van der Waals surface area (Å²) in [6.07, 6.45) is 1.09. The monoisotopic (exact) mass is 343 g/mol. The van der Waals surface area contributed by atoms with E-state index in [1.807, 2.05) is 36.4 Å². The summed E-state index contributed by atoms with van der Waals surface area (Å²) in [5, 5.41) is 15.6. The van der Waals surface area contributed by atoms with E-state index in [9.17, 15) is 9.59 Å². The van der Waals surface area contributed by atoms with E-state index in [0.29, 0.717) is 25.3 Å². The van der Waals surface area contributed by atoms with Crippen LogP contribution in [0.15, 0.2) is 72.8 Å². The third kappa shape index (κ3) is 8.45. The van der Waals surface area contributed by atoms with Gasteiger partial charge >= 0.3 is 11.9 Å². The zero-order chi connectivity index (χ0) is 18.5. The van der Waals surface area contributed by atoms with Gasteiger partial charge in [0, 0.05) is 18.7 Å². The van der Waals surface area contributed by atoms with Crippen molar-refractivity contribution >= 4 is 11.9 Å². The van der Waals surface area contributed by atoms with Crippen LogP contribution >= 0.6 is 0 Å². The average Bonchev–Trinajstić information content (AvgIpc) is 2.63. The first-order valence-corrected chi connectivity index (χ1v) is 7.60. The van der Waals surface area contributed by atoms with Crippen LogP contribution < -0.4 is 5.73 Å². The van der Waals surface area contributed by atoms with Crippen molar-refractivity contribution in [3.8, 4) is 0 Å². The molecule has 0 aliphatic heterocycles. The Kier molecular flexibility index (Phi) is 9.28. The van der Waals surface area contributed by atoms with Gasteiger partial charge in [-0.1, -0.05) is 60.7 Å². The van der Waals surface area contributed by atoms with Crippen molar-refractivity contribution in [2.75, 3.05) is 13.2 Å². The quantitative estimate of drug-likeness (QED) is 0.666. The van der Waals surface area contributed by atoms with Crippen LogP contribution in [-0.2, 0) is 14.3 Å². The molecule has 0 bridgehead atoms. The van der Waals surface area contributed by atoms with Gasteiger partial charge < -0.3 is 20.7 Å². The van der Waals surface area contributed by atoms with Crippen LogP contribution in [0.1, 0.15) is 17.2 Å². The predicted octanol–water partition coefficient (Wildman–Crippen LogP) is 2.46. The van der Waals surface area contributed by atoms with Gasteiger partial charge in [0.1, 0.15) is 6.10 Å². The number of benzene rings is 2. The maximum Gasteiger partial charge on any atom is 0.328 e. The fourth-order valence-electron chi connectivity index (χ4n) is 1.97. The average molecular weight is 343 g/mol. The summed E-state index contributed by atoms with van der Waals surface area (Å²) in [7, 11) is 0. The fourth-order valence-corrected chi connectivity index (χ4v) is 1.97. The molecular formula is C19H21NO5. The molecule has 0 heterocycles. The molecule has 2 aromatic rings. The van der Waals surface area contributed by atoms with Gasteiger partial charge in [0.05, 0.1) is 6.61 Å². The maximum atomic E-state index is 9.55. The molecule has 2 aromatic carbocycles. The van der Waals surface area contributed by atoms with E-state index in [0.717, 1.165) is 11.1 Å². The van der Waals surface area contributed by atoms with Crippen molar-refractivity contribution in [1.29, 1.82) is 0 Å². The molecule has 0 aromatic heterocycles. The second-order valence-electron chi connectivity index (χ2n) is 4.87. The highest BCUT2D eigenvalue weighted by molar-refractivity contribution is 5.89. The molecule has 0 aliphatic carbocycles. The van der Waals surface area contributed by atoms with Gasteiger partial charge in [-0.3, -0.25) is 0 Å². The van der Waals surface area contributed by atoms with Gasteiger partial charge in [-0.2, -0.15) is 0 Å². The Hall–Kier alpha value is -2.96. The Morgan fingerprint density at radius 1 is 0.880 bits per heavy atom. The molecule has 0 unspecified atom stereocenters. The summed E-state index contributed by atoms with van der Waals surface area (Å²) < 4.78 is 5.84. The highest BCUT2D eigenvalue weighted by Gasteiger charge is 2.13. The minimum absolute atomic E-state index is 0.0269. The number of hydrogen-bond donors (Lipinski definition) is 3. The largest absolute Gasteiger partial charge is 0.478 e. The lowest BCUT2D eigenvalue weighted by Crippen LogP contribution is -2.13. The second-order valence-corrected chi connectivity index (χ2v) is 4.87. The Bertz CT molecular complexity index is 615. The molecule has 0 spiro atoms. The van der Waals surface area contributed by atoms with E-state index in [-0.39, 0.29) is 6.10 Å². The van der Waals surface area contributed by atoms with Gasteiger partial charge in [0.2, 0.25) is 0 Å². The summed E-state index contributed by atoms with van der Waals surface area (Å²) in [6.45, 7) is 1.10. The van der Waals surface area contributed by atoms with E-state index in [4.69, 9.17) is 20.7 Å². The van der Waals surface area contributed by atoms with E-state index < -0.39 is 11.9 Å². The summed E-state index contributed by atoms with van der Waals surface area (Å²) in [6, 6.07) is 20.4.